The molecule has 1 aliphatic rings. The lowest BCUT2D eigenvalue weighted by molar-refractivity contribution is 0.0930. The van der Waals surface area contributed by atoms with Crippen LogP contribution in [0.1, 0.15) is 43.0 Å². The summed E-state index contributed by atoms with van der Waals surface area (Å²) in [6, 6.07) is 2.13. The Kier molecular flexibility index (Phi) is 5.71. The van der Waals surface area contributed by atoms with Crippen LogP contribution in [0.15, 0.2) is 18.5 Å². The average molecular weight is 293 g/mol. The van der Waals surface area contributed by atoms with Crippen molar-refractivity contribution in [1.29, 1.82) is 0 Å². The molecule has 110 valence electrons. The van der Waals surface area contributed by atoms with Gasteiger partial charge in [0.1, 0.15) is 0 Å². The number of pyridine rings is 1. The van der Waals surface area contributed by atoms with Crippen LogP contribution in [0.25, 0.3) is 0 Å². The first-order valence-electron chi connectivity index (χ1n) is 7.27. The smallest absolute Gasteiger partial charge is 0.255 e. The van der Waals surface area contributed by atoms with Crippen LogP contribution in [-0.4, -0.2) is 35.0 Å². The van der Waals surface area contributed by atoms with Gasteiger partial charge in [0, 0.05) is 30.2 Å². The first kappa shape index (κ1) is 15.2. The lowest BCUT2D eigenvalue weighted by Crippen LogP contribution is -2.43. The van der Waals surface area contributed by atoms with Crippen LogP contribution in [0.5, 0.6) is 0 Å². The molecule has 2 rings (SSSR count). The van der Waals surface area contributed by atoms with E-state index in [2.05, 4.69) is 21.9 Å². The Morgan fingerprint density at radius 1 is 1.45 bits per heavy atom. The van der Waals surface area contributed by atoms with E-state index in [1.807, 2.05) is 24.8 Å². The number of carbonyl (C=O) groups is 1. The molecule has 0 spiro atoms. The van der Waals surface area contributed by atoms with Gasteiger partial charge in [0.05, 0.1) is 11.3 Å². The Morgan fingerprint density at radius 3 is 3.00 bits per heavy atom. The highest BCUT2D eigenvalue weighted by Crippen LogP contribution is 2.27. The molecule has 1 saturated carbocycles. The van der Waals surface area contributed by atoms with Gasteiger partial charge >= 0.3 is 0 Å². The number of nitrogens with one attached hydrogen (secondary N) is 2. The number of hydrogen-bond acceptors (Lipinski definition) is 4. The molecule has 1 aromatic heterocycles. The maximum absolute atomic E-state index is 12.5. The van der Waals surface area contributed by atoms with E-state index in [4.69, 9.17) is 0 Å². The van der Waals surface area contributed by atoms with E-state index in [9.17, 15) is 4.79 Å². The van der Waals surface area contributed by atoms with Crippen molar-refractivity contribution in [3.63, 3.8) is 0 Å². The molecule has 0 radical (unpaired) electrons. The summed E-state index contributed by atoms with van der Waals surface area (Å²) >= 11 is 1.86. The van der Waals surface area contributed by atoms with Gasteiger partial charge in [-0.2, -0.15) is 11.8 Å². The maximum atomic E-state index is 12.5. The minimum Gasteiger partial charge on any atom is -0.385 e. The normalized spacial score (nSPS) is 22.3. The van der Waals surface area contributed by atoms with E-state index in [1.54, 1.807) is 12.4 Å². The fourth-order valence-corrected chi connectivity index (χ4v) is 3.65. The van der Waals surface area contributed by atoms with Gasteiger partial charge in [0.2, 0.25) is 0 Å². The van der Waals surface area contributed by atoms with Crippen LogP contribution in [0, 0.1) is 0 Å². The third kappa shape index (κ3) is 3.66. The van der Waals surface area contributed by atoms with E-state index in [0.717, 1.165) is 18.7 Å². The van der Waals surface area contributed by atoms with Crippen molar-refractivity contribution in [3.05, 3.63) is 24.0 Å². The molecule has 2 atom stereocenters. The predicted molar refractivity (Wildman–Crippen MR) is 85.4 cm³/mol. The Balaban J connectivity index is 2.07. The third-order valence-electron chi connectivity index (χ3n) is 3.75. The van der Waals surface area contributed by atoms with Crippen molar-refractivity contribution in [3.8, 4) is 0 Å². The zero-order valence-electron chi connectivity index (χ0n) is 12.2. The van der Waals surface area contributed by atoms with Gasteiger partial charge in [-0.3, -0.25) is 9.78 Å². The minimum absolute atomic E-state index is 0.0139. The topological polar surface area (TPSA) is 54.0 Å². The lowest BCUT2D eigenvalue weighted by Gasteiger charge is -2.31. The SMILES string of the molecule is CCNc1ccncc1C(=O)NC1CCCCC1SC. The molecule has 1 fully saturated rings. The average Bonchev–Trinajstić information content (AvgIpc) is 2.48. The number of anilines is 1. The number of nitrogens with zero attached hydrogens (tertiary/aromatic N) is 1. The van der Waals surface area contributed by atoms with Crippen LogP contribution >= 0.6 is 11.8 Å². The Hall–Kier alpha value is -1.23. The summed E-state index contributed by atoms with van der Waals surface area (Å²) in [4.78, 5) is 16.5. The first-order chi connectivity index (χ1) is 9.76. The van der Waals surface area contributed by atoms with Gasteiger partial charge in [-0.1, -0.05) is 12.8 Å². The molecule has 0 aliphatic heterocycles. The minimum atomic E-state index is -0.0139. The zero-order valence-corrected chi connectivity index (χ0v) is 13.0. The van der Waals surface area contributed by atoms with Gasteiger partial charge in [0.25, 0.3) is 5.91 Å². The molecule has 1 aliphatic carbocycles. The van der Waals surface area contributed by atoms with Crippen LogP contribution < -0.4 is 10.6 Å². The van der Waals surface area contributed by atoms with Crippen molar-refractivity contribution in [2.24, 2.45) is 0 Å². The molecule has 1 heterocycles. The van der Waals surface area contributed by atoms with E-state index < -0.39 is 0 Å². The van der Waals surface area contributed by atoms with Crippen LogP contribution in [0.4, 0.5) is 5.69 Å². The van der Waals surface area contributed by atoms with Crippen molar-refractivity contribution in [1.82, 2.24) is 10.3 Å². The molecule has 5 heteroatoms. The van der Waals surface area contributed by atoms with Gasteiger partial charge in [-0.25, -0.2) is 0 Å². The van der Waals surface area contributed by atoms with Crippen LogP contribution in [0.2, 0.25) is 0 Å². The molecular formula is C15H23N3OS. The molecule has 4 nitrogen and oxygen atoms in total. The summed E-state index contributed by atoms with van der Waals surface area (Å²) < 4.78 is 0. The number of hydrogen-bond donors (Lipinski definition) is 2. The summed E-state index contributed by atoms with van der Waals surface area (Å²) in [5.74, 6) is -0.0139. The van der Waals surface area contributed by atoms with E-state index in [0.29, 0.717) is 10.8 Å². The molecule has 0 bridgehead atoms. The summed E-state index contributed by atoms with van der Waals surface area (Å²) in [6.45, 7) is 2.81. The monoisotopic (exact) mass is 293 g/mol. The summed E-state index contributed by atoms with van der Waals surface area (Å²) in [5, 5.41) is 6.94. The lowest BCUT2D eigenvalue weighted by atomic mass is 9.94. The third-order valence-corrected chi connectivity index (χ3v) is 4.92. The second kappa shape index (κ2) is 7.53. The van der Waals surface area contributed by atoms with Crippen molar-refractivity contribution in [2.45, 2.75) is 43.9 Å². The zero-order chi connectivity index (χ0) is 14.4. The second-order valence-corrected chi connectivity index (χ2v) is 6.17. The number of thioether (sulfide) groups is 1. The molecule has 20 heavy (non-hydrogen) atoms. The van der Waals surface area contributed by atoms with Gasteiger partial charge < -0.3 is 10.6 Å². The maximum Gasteiger partial charge on any atom is 0.255 e. The quantitative estimate of drug-likeness (QED) is 0.876. The molecule has 2 unspecified atom stereocenters. The number of aromatic nitrogens is 1. The molecule has 2 N–H and O–H groups in total. The Morgan fingerprint density at radius 2 is 2.25 bits per heavy atom. The van der Waals surface area contributed by atoms with Crippen LogP contribution in [-0.2, 0) is 0 Å². The highest BCUT2D eigenvalue weighted by atomic mass is 32.2. The first-order valence-corrected chi connectivity index (χ1v) is 8.56. The number of rotatable bonds is 5. The van der Waals surface area contributed by atoms with Gasteiger partial charge in [-0.15, -0.1) is 0 Å². The summed E-state index contributed by atoms with van der Waals surface area (Å²) in [7, 11) is 0. The molecule has 1 aromatic rings. The molecular weight excluding hydrogens is 270 g/mol. The summed E-state index contributed by atoms with van der Waals surface area (Å²) in [5.41, 5.74) is 1.50. The van der Waals surface area contributed by atoms with E-state index in [1.165, 1.54) is 19.3 Å². The summed E-state index contributed by atoms with van der Waals surface area (Å²) in [6.07, 6.45) is 10.2. The Labute approximate surface area is 125 Å². The van der Waals surface area contributed by atoms with Crippen LogP contribution in [0.3, 0.4) is 0 Å². The number of amides is 1. The van der Waals surface area contributed by atoms with Crippen molar-refractivity contribution >= 4 is 23.4 Å². The predicted octanol–water partition coefficient (Wildman–Crippen LogP) is 2.92. The van der Waals surface area contributed by atoms with E-state index in [-0.39, 0.29) is 11.9 Å². The van der Waals surface area contributed by atoms with E-state index >= 15 is 0 Å². The molecule has 0 saturated heterocycles. The van der Waals surface area contributed by atoms with Gasteiger partial charge in [-0.05, 0) is 32.1 Å². The fourth-order valence-electron chi connectivity index (χ4n) is 2.71. The standard InChI is InChI=1S/C15H23N3OS/c1-3-17-12-8-9-16-10-11(12)15(19)18-13-6-4-5-7-14(13)20-2/h8-10,13-14H,3-7H2,1-2H3,(H,16,17)(H,18,19). The van der Waals surface area contributed by atoms with Gasteiger partial charge in [0.15, 0.2) is 0 Å². The molecule has 1 amide bonds. The fraction of sp³-hybridized carbons (Fsp3) is 0.600. The second-order valence-electron chi connectivity index (χ2n) is 5.09. The Bertz CT molecular complexity index is 452. The van der Waals surface area contributed by atoms with Crippen molar-refractivity contribution < 1.29 is 4.79 Å². The molecule has 0 aromatic carbocycles. The highest BCUT2D eigenvalue weighted by molar-refractivity contribution is 7.99. The largest absolute Gasteiger partial charge is 0.385 e. The number of carbonyl (C=O) groups excluding carboxylic acids is 1. The van der Waals surface area contributed by atoms with Crippen molar-refractivity contribution in [2.75, 3.05) is 18.1 Å². The highest BCUT2D eigenvalue weighted by Gasteiger charge is 2.26.